The first-order chi connectivity index (χ1) is 9.31. The molecule has 1 atom stereocenters. The summed E-state index contributed by atoms with van der Waals surface area (Å²) in [6, 6.07) is 12.6. The van der Waals surface area contributed by atoms with Gasteiger partial charge in [0.05, 0.1) is 12.1 Å². The van der Waals surface area contributed by atoms with Crippen LogP contribution in [-0.2, 0) is 6.42 Å². The Bertz CT molecular complexity index is 610. The molecule has 2 heterocycles. The van der Waals surface area contributed by atoms with Gasteiger partial charge >= 0.3 is 0 Å². The zero-order valence-electron chi connectivity index (χ0n) is 10.9. The van der Waals surface area contributed by atoms with Gasteiger partial charge in [-0.2, -0.15) is 0 Å². The molecule has 0 fully saturated rings. The molecule has 0 bridgehead atoms. The summed E-state index contributed by atoms with van der Waals surface area (Å²) in [5, 5.41) is 1.74. The Balaban J connectivity index is 1.70. The number of nitrogens with zero attached hydrogens (tertiary/aromatic N) is 2. The maximum atomic E-state index is 4.73. The van der Waals surface area contributed by atoms with Crippen molar-refractivity contribution in [1.29, 1.82) is 0 Å². The zero-order valence-corrected chi connectivity index (χ0v) is 12.5. The van der Waals surface area contributed by atoms with E-state index in [2.05, 4.69) is 42.2 Å². The Labute approximate surface area is 122 Å². The summed E-state index contributed by atoms with van der Waals surface area (Å²) in [4.78, 5) is 9.22. The first-order valence-corrected chi connectivity index (χ1v) is 8.36. The third-order valence-corrected chi connectivity index (χ3v) is 5.32. The van der Waals surface area contributed by atoms with Gasteiger partial charge in [0.2, 0.25) is 0 Å². The van der Waals surface area contributed by atoms with E-state index in [1.165, 1.54) is 15.5 Å². The molecule has 0 saturated heterocycles. The van der Waals surface area contributed by atoms with Gasteiger partial charge in [-0.25, -0.2) is 0 Å². The Morgan fingerprint density at radius 2 is 2.16 bits per heavy atom. The molecule has 1 aromatic carbocycles. The molecule has 3 rings (SSSR count). The number of aromatic nitrogens is 1. The van der Waals surface area contributed by atoms with Crippen LogP contribution in [0.25, 0.3) is 10.9 Å². The molecule has 0 amide bonds. The highest BCUT2D eigenvalue weighted by Crippen LogP contribution is 2.27. The number of benzene rings is 1. The number of rotatable bonds is 3. The molecule has 1 aliphatic rings. The summed E-state index contributed by atoms with van der Waals surface area (Å²) in [6.45, 7) is 3.23. The number of hydrogen-bond donors (Lipinski definition) is 0. The topological polar surface area (TPSA) is 25.2 Å². The number of fused-ring (bicyclic) bond motifs is 1. The van der Waals surface area contributed by atoms with Gasteiger partial charge in [0.15, 0.2) is 0 Å². The smallest absolute Gasteiger partial charge is 0.124 e. The highest BCUT2D eigenvalue weighted by Gasteiger charge is 2.13. The van der Waals surface area contributed by atoms with E-state index in [1.807, 2.05) is 29.6 Å². The summed E-state index contributed by atoms with van der Waals surface area (Å²) >= 11 is 3.76. The molecule has 1 aliphatic heterocycles. The van der Waals surface area contributed by atoms with Crippen molar-refractivity contribution in [2.24, 2.45) is 4.99 Å². The van der Waals surface area contributed by atoms with Crippen LogP contribution in [0.15, 0.2) is 41.4 Å². The van der Waals surface area contributed by atoms with Gasteiger partial charge in [-0.15, -0.1) is 0 Å². The lowest BCUT2D eigenvalue weighted by atomic mass is 10.1. The predicted molar refractivity (Wildman–Crippen MR) is 87.3 cm³/mol. The first-order valence-electron chi connectivity index (χ1n) is 6.50. The highest BCUT2D eigenvalue weighted by atomic mass is 32.2. The van der Waals surface area contributed by atoms with Crippen molar-refractivity contribution in [3.8, 4) is 0 Å². The third-order valence-electron chi connectivity index (χ3n) is 3.01. The first kappa shape index (κ1) is 13.0. The molecule has 0 N–H and O–H groups in total. The van der Waals surface area contributed by atoms with Crippen molar-refractivity contribution in [1.82, 2.24) is 4.98 Å². The Kier molecular flexibility index (Phi) is 4.09. The fourth-order valence-corrected chi connectivity index (χ4v) is 4.44. The number of thioether (sulfide) groups is 2. The molecular weight excluding hydrogens is 272 g/mol. The van der Waals surface area contributed by atoms with E-state index >= 15 is 0 Å². The van der Waals surface area contributed by atoms with Crippen LogP contribution >= 0.6 is 23.5 Å². The minimum atomic E-state index is 0.526. The molecule has 2 nitrogen and oxygen atoms in total. The van der Waals surface area contributed by atoms with E-state index in [0.717, 1.165) is 24.2 Å². The molecule has 0 radical (unpaired) electrons. The molecule has 2 aromatic rings. The molecule has 0 aliphatic carbocycles. The van der Waals surface area contributed by atoms with E-state index < -0.39 is 0 Å². The van der Waals surface area contributed by atoms with Crippen molar-refractivity contribution in [3.63, 3.8) is 0 Å². The van der Waals surface area contributed by atoms with E-state index in [0.29, 0.717) is 5.25 Å². The Morgan fingerprint density at radius 3 is 3.00 bits per heavy atom. The van der Waals surface area contributed by atoms with Crippen LogP contribution in [0, 0.1) is 0 Å². The molecule has 98 valence electrons. The molecule has 0 saturated carbocycles. The van der Waals surface area contributed by atoms with Crippen LogP contribution in [-0.4, -0.2) is 26.9 Å². The van der Waals surface area contributed by atoms with Crippen molar-refractivity contribution < 1.29 is 0 Å². The Morgan fingerprint density at radius 1 is 1.26 bits per heavy atom. The van der Waals surface area contributed by atoms with Gasteiger partial charge < -0.3 is 0 Å². The second kappa shape index (κ2) is 5.97. The van der Waals surface area contributed by atoms with E-state index in [4.69, 9.17) is 4.98 Å². The normalized spacial score (nSPS) is 16.6. The quantitative estimate of drug-likeness (QED) is 0.853. The summed E-state index contributed by atoms with van der Waals surface area (Å²) in [6.07, 6.45) is 0.995. The monoisotopic (exact) mass is 288 g/mol. The maximum absolute atomic E-state index is 4.73. The lowest BCUT2D eigenvalue weighted by molar-refractivity contribution is 0.913. The van der Waals surface area contributed by atoms with Gasteiger partial charge in [-0.3, -0.25) is 9.98 Å². The molecular formula is C15H16N2S2. The van der Waals surface area contributed by atoms with Gasteiger partial charge in [0, 0.05) is 28.5 Å². The lowest BCUT2D eigenvalue weighted by Gasteiger charge is -2.10. The maximum Gasteiger partial charge on any atom is 0.124 e. The van der Waals surface area contributed by atoms with Gasteiger partial charge in [0.25, 0.3) is 0 Å². The molecule has 4 heteroatoms. The average Bonchev–Trinajstić information content (AvgIpc) is 2.91. The fraction of sp³-hybridized carbons (Fsp3) is 0.333. The van der Waals surface area contributed by atoms with Crippen LogP contribution < -0.4 is 0 Å². The van der Waals surface area contributed by atoms with Crippen molar-refractivity contribution >= 4 is 38.8 Å². The fourth-order valence-electron chi connectivity index (χ4n) is 2.12. The number of para-hydroxylation sites is 1. The van der Waals surface area contributed by atoms with Gasteiger partial charge in [0.1, 0.15) is 4.38 Å². The van der Waals surface area contributed by atoms with Gasteiger partial charge in [-0.1, -0.05) is 54.7 Å². The van der Waals surface area contributed by atoms with E-state index in [9.17, 15) is 0 Å². The standard InChI is InChI=1S/C15H16N2S2/c1-11(19-15-16-8-9-18-15)10-13-7-6-12-4-2-3-5-14(12)17-13/h2-7,11H,8-10H2,1H3/t11-/m1/s1. The lowest BCUT2D eigenvalue weighted by Crippen LogP contribution is -2.05. The number of aliphatic imine (C=N–C) groups is 1. The summed E-state index contributed by atoms with van der Waals surface area (Å²) < 4.78 is 1.24. The molecule has 0 unspecified atom stereocenters. The summed E-state index contributed by atoms with van der Waals surface area (Å²) in [7, 11) is 0. The van der Waals surface area contributed by atoms with E-state index in [-0.39, 0.29) is 0 Å². The minimum Gasteiger partial charge on any atom is -0.271 e. The molecule has 0 spiro atoms. The van der Waals surface area contributed by atoms with Crippen molar-refractivity contribution in [2.75, 3.05) is 12.3 Å². The predicted octanol–water partition coefficient (Wildman–Crippen LogP) is 4.00. The minimum absolute atomic E-state index is 0.526. The summed E-state index contributed by atoms with van der Waals surface area (Å²) in [5.41, 5.74) is 2.26. The largest absolute Gasteiger partial charge is 0.271 e. The second-order valence-electron chi connectivity index (χ2n) is 4.62. The van der Waals surface area contributed by atoms with Crippen LogP contribution in [0.2, 0.25) is 0 Å². The number of hydrogen-bond acceptors (Lipinski definition) is 4. The molecule has 19 heavy (non-hydrogen) atoms. The third kappa shape index (κ3) is 3.31. The zero-order chi connectivity index (χ0) is 13.1. The SMILES string of the molecule is C[C@H](Cc1ccc2ccccc2n1)SC1=NCCS1. The van der Waals surface area contributed by atoms with Crippen LogP contribution in [0.5, 0.6) is 0 Å². The summed E-state index contributed by atoms with van der Waals surface area (Å²) in [5.74, 6) is 1.14. The second-order valence-corrected chi connectivity index (χ2v) is 7.39. The van der Waals surface area contributed by atoms with Crippen LogP contribution in [0.4, 0.5) is 0 Å². The van der Waals surface area contributed by atoms with Crippen molar-refractivity contribution in [3.05, 3.63) is 42.1 Å². The van der Waals surface area contributed by atoms with Gasteiger partial charge in [-0.05, 0) is 12.1 Å². The average molecular weight is 288 g/mol. The van der Waals surface area contributed by atoms with Crippen molar-refractivity contribution in [2.45, 2.75) is 18.6 Å². The Hall–Kier alpha value is -1.000. The van der Waals surface area contributed by atoms with Crippen LogP contribution in [0.3, 0.4) is 0 Å². The van der Waals surface area contributed by atoms with E-state index in [1.54, 1.807) is 0 Å². The molecule has 1 aromatic heterocycles. The van der Waals surface area contributed by atoms with Crippen LogP contribution in [0.1, 0.15) is 12.6 Å². The highest BCUT2D eigenvalue weighted by molar-refractivity contribution is 8.39. The number of pyridine rings is 1.